The molecule has 0 fully saturated rings. The van der Waals surface area contributed by atoms with Gasteiger partial charge in [0, 0.05) is 12.1 Å². The molecule has 0 amide bonds. The van der Waals surface area contributed by atoms with Crippen LogP contribution in [0.3, 0.4) is 0 Å². The second-order valence-corrected chi connectivity index (χ2v) is 5.23. The predicted octanol–water partition coefficient (Wildman–Crippen LogP) is 3.94. The summed E-state index contributed by atoms with van der Waals surface area (Å²) in [4.78, 5) is 18.1. The van der Waals surface area contributed by atoms with Gasteiger partial charge >= 0.3 is 0 Å². The fraction of sp³-hybridized carbons (Fsp3) is 0.235. The second kappa shape index (κ2) is 6.57. The van der Waals surface area contributed by atoms with E-state index in [-0.39, 0.29) is 5.69 Å². The lowest BCUT2D eigenvalue weighted by Gasteiger charge is -2.13. The maximum absolute atomic E-state index is 10.9. The Morgan fingerprint density at radius 1 is 1.29 bits per heavy atom. The highest BCUT2D eigenvalue weighted by atomic mass is 16.6. The number of nitro benzene ring substituents is 1. The summed E-state index contributed by atoms with van der Waals surface area (Å²) < 4.78 is 11.2. The number of nitrogens with zero attached hydrogens (tertiary/aromatic N) is 2. The molecule has 1 aromatic heterocycles. The summed E-state index contributed by atoms with van der Waals surface area (Å²) in [7, 11) is 1.58. The van der Waals surface area contributed by atoms with Gasteiger partial charge in [0.15, 0.2) is 11.5 Å². The minimum Gasteiger partial charge on any atom is -0.493 e. The summed E-state index contributed by atoms with van der Waals surface area (Å²) in [6, 6.07) is 10.1. The lowest BCUT2D eigenvalue weighted by molar-refractivity contribution is -0.384. The Bertz CT molecular complexity index is 889. The summed E-state index contributed by atoms with van der Waals surface area (Å²) in [6.45, 7) is 2.58. The van der Waals surface area contributed by atoms with Gasteiger partial charge in [-0.3, -0.25) is 10.1 Å². The van der Waals surface area contributed by atoms with Crippen molar-refractivity contribution in [1.29, 1.82) is 0 Å². The molecule has 0 unspecified atom stereocenters. The molecule has 0 radical (unpaired) electrons. The van der Waals surface area contributed by atoms with Crippen molar-refractivity contribution < 1.29 is 14.4 Å². The highest BCUT2D eigenvalue weighted by Gasteiger charge is 2.16. The first kappa shape index (κ1) is 15.8. The van der Waals surface area contributed by atoms with Gasteiger partial charge in [0.25, 0.3) is 5.69 Å². The number of non-ortho nitro benzene ring substituents is 1. The molecule has 0 spiro atoms. The topological polar surface area (TPSA) is 90.3 Å². The Kier molecular flexibility index (Phi) is 4.33. The molecule has 24 heavy (non-hydrogen) atoms. The lowest BCUT2D eigenvalue weighted by Crippen LogP contribution is -2.00. The minimum atomic E-state index is -0.429. The van der Waals surface area contributed by atoms with Crippen LogP contribution in [-0.2, 0) is 0 Å². The Balaban J connectivity index is 2.11. The van der Waals surface area contributed by atoms with E-state index in [4.69, 9.17) is 9.47 Å². The van der Waals surface area contributed by atoms with E-state index >= 15 is 0 Å². The number of ether oxygens (including phenoxy) is 2. The fourth-order valence-electron chi connectivity index (χ4n) is 2.45. The van der Waals surface area contributed by atoms with Crippen LogP contribution >= 0.6 is 0 Å². The van der Waals surface area contributed by atoms with Gasteiger partial charge in [0.2, 0.25) is 0 Å². The summed E-state index contributed by atoms with van der Waals surface area (Å²) in [5.41, 5.74) is 2.02. The molecule has 0 atom stereocenters. The fourth-order valence-corrected chi connectivity index (χ4v) is 2.45. The molecule has 0 saturated heterocycles. The molecule has 2 aromatic carbocycles. The van der Waals surface area contributed by atoms with Crippen molar-refractivity contribution in [2.24, 2.45) is 0 Å². The number of imidazole rings is 1. The highest BCUT2D eigenvalue weighted by molar-refractivity contribution is 5.83. The van der Waals surface area contributed by atoms with Crippen molar-refractivity contribution in [1.82, 2.24) is 9.97 Å². The molecule has 0 bridgehead atoms. The quantitative estimate of drug-likeness (QED) is 0.547. The number of aromatic nitrogens is 2. The molecule has 3 aromatic rings. The van der Waals surface area contributed by atoms with Crippen LogP contribution in [-0.4, -0.2) is 28.6 Å². The normalized spacial score (nSPS) is 10.8. The number of aromatic amines is 1. The minimum absolute atomic E-state index is 0.0193. The van der Waals surface area contributed by atoms with E-state index in [1.807, 2.05) is 25.1 Å². The molecule has 3 rings (SSSR count). The Hall–Kier alpha value is -3.09. The van der Waals surface area contributed by atoms with E-state index in [0.717, 1.165) is 12.0 Å². The molecule has 7 nitrogen and oxygen atoms in total. The Labute approximate surface area is 138 Å². The van der Waals surface area contributed by atoms with Crippen molar-refractivity contribution in [3.05, 3.63) is 46.5 Å². The zero-order valence-corrected chi connectivity index (χ0v) is 13.4. The third-order valence-corrected chi connectivity index (χ3v) is 3.58. The maximum atomic E-state index is 10.9. The summed E-state index contributed by atoms with van der Waals surface area (Å²) in [6.07, 6.45) is 0.865. The number of nitro groups is 1. The van der Waals surface area contributed by atoms with E-state index in [2.05, 4.69) is 9.97 Å². The van der Waals surface area contributed by atoms with Gasteiger partial charge in [-0.05, 0) is 24.6 Å². The first-order chi connectivity index (χ1) is 11.6. The molecule has 1 N–H and O–H groups in total. The number of H-pyrrole nitrogens is 1. The van der Waals surface area contributed by atoms with Gasteiger partial charge < -0.3 is 14.5 Å². The van der Waals surface area contributed by atoms with Crippen LogP contribution in [0.25, 0.3) is 22.4 Å². The standard InChI is InChI=1S/C17H17N3O4/c1-3-9-24-16-12(5-4-6-15(16)23-2)17-18-13-8-7-11(20(21)22)10-14(13)19-17/h4-8,10H,3,9H2,1-2H3,(H,18,19). The number of hydrogen-bond acceptors (Lipinski definition) is 5. The second-order valence-electron chi connectivity index (χ2n) is 5.23. The number of nitrogens with one attached hydrogen (secondary N) is 1. The van der Waals surface area contributed by atoms with Crippen molar-refractivity contribution >= 4 is 16.7 Å². The van der Waals surface area contributed by atoms with Crippen LogP contribution in [0, 0.1) is 10.1 Å². The van der Waals surface area contributed by atoms with Crippen LogP contribution in [0.4, 0.5) is 5.69 Å². The molecule has 0 aliphatic rings. The van der Waals surface area contributed by atoms with Crippen LogP contribution in [0.15, 0.2) is 36.4 Å². The summed E-state index contributed by atoms with van der Waals surface area (Å²) in [5.74, 6) is 1.80. The lowest BCUT2D eigenvalue weighted by atomic mass is 10.1. The van der Waals surface area contributed by atoms with Gasteiger partial charge in [-0.1, -0.05) is 13.0 Å². The molecule has 0 aliphatic heterocycles. The average molecular weight is 327 g/mol. The van der Waals surface area contributed by atoms with E-state index in [0.29, 0.717) is 35.0 Å². The van der Waals surface area contributed by atoms with Gasteiger partial charge in [0.05, 0.1) is 35.2 Å². The SMILES string of the molecule is CCCOc1c(OC)cccc1-c1nc2ccc([N+](=O)[O-])cc2[nH]1. The van der Waals surface area contributed by atoms with Crippen molar-refractivity contribution in [2.75, 3.05) is 13.7 Å². The predicted molar refractivity (Wildman–Crippen MR) is 90.5 cm³/mol. The monoisotopic (exact) mass is 327 g/mol. The van der Waals surface area contributed by atoms with E-state index in [1.165, 1.54) is 12.1 Å². The van der Waals surface area contributed by atoms with Crippen molar-refractivity contribution in [3.8, 4) is 22.9 Å². The number of hydrogen-bond donors (Lipinski definition) is 1. The van der Waals surface area contributed by atoms with Gasteiger partial charge in [0.1, 0.15) is 5.82 Å². The zero-order chi connectivity index (χ0) is 17.1. The molecule has 0 saturated carbocycles. The number of fused-ring (bicyclic) bond motifs is 1. The van der Waals surface area contributed by atoms with Gasteiger partial charge in [-0.25, -0.2) is 4.98 Å². The highest BCUT2D eigenvalue weighted by Crippen LogP contribution is 2.37. The molecular weight excluding hydrogens is 310 g/mol. The smallest absolute Gasteiger partial charge is 0.271 e. The largest absolute Gasteiger partial charge is 0.493 e. The van der Waals surface area contributed by atoms with Crippen molar-refractivity contribution in [2.45, 2.75) is 13.3 Å². The number of rotatable bonds is 6. The third-order valence-electron chi connectivity index (χ3n) is 3.58. The molecule has 0 aliphatic carbocycles. The summed E-state index contributed by atoms with van der Waals surface area (Å²) >= 11 is 0. The Morgan fingerprint density at radius 3 is 2.83 bits per heavy atom. The van der Waals surface area contributed by atoms with Gasteiger partial charge in [-0.15, -0.1) is 0 Å². The van der Waals surface area contributed by atoms with E-state index in [1.54, 1.807) is 13.2 Å². The van der Waals surface area contributed by atoms with Crippen molar-refractivity contribution in [3.63, 3.8) is 0 Å². The third kappa shape index (κ3) is 2.88. The molecular formula is C17H17N3O4. The number of methoxy groups -OCH3 is 1. The molecule has 124 valence electrons. The van der Waals surface area contributed by atoms with E-state index in [9.17, 15) is 10.1 Å². The van der Waals surface area contributed by atoms with Crippen LogP contribution < -0.4 is 9.47 Å². The summed E-state index contributed by atoms with van der Waals surface area (Å²) in [5, 5.41) is 10.9. The maximum Gasteiger partial charge on any atom is 0.271 e. The van der Waals surface area contributed by atoms with Crippen LogP contribution in [0.5, 0.6) is 11.5 Å². The molecule has 7 heteroatoms. The average Bonchev–Trinajstić information content (AvgIpc) is 3.02. The van der Waals surface area contributed by atoms with Gasteiger partial charge in [-0.2, -0.15) is 0 Å². The number of benzene rings is 2. The first-order valence-electron chi connectivity index (χ1n) is 7.58. The number of para-hydroxylation sites is 1. The van der Waals surface area contributed by atoms with E-state index < -0.39 is 4.92 Å². The van der Waals surface area contributed by atoms with Crippen LogP contribution in [0.2, 0.25) is 0 Å². The first-order valence-corrected chi connectivity index (χ1v) is 7.58. The zero-order valence-electron chi connectivity index (χ0n) is 13.4. The van der Waals surface area contributed by atoms with Crippen LogP contribution in [0.1, 0.15) is 13.3 Å². The molecule has 1 heterocycles. The Morgan fingerprint density at radius 2 is 2.12 bits per heavy atom.